The van der Waals surface area contributed by atoms with Crippen molar-refractivity contribution in [2.24, 2.45) is 0 Å². The van der Waals surface area contributed by atoms with Gasteiger partial charge in [0.05, 0.1) is 0 Å². The number of nitrogens with two attached hydrogens (primary N) is 1. The fourth-order valence-electron chi connectivity index (χ4n) is 3.04. The molecule has 1 aromatic heterocycles. The van der Waals surface area contributed by atoms with Crippen LogP contribution in [0.3, 0.4) is 0 Å². The molecule has 2 aliphatic rings. The molecule has 3 heterocycles. The molecule has 4 rings (SSSR count). The van der Waals surface area contributed by atoms with Crippen LogP contribution < -0.4 is 20.1 Å². The zero-order valence-corrected chi connectivity index (χ0v) is 13.8. The quantitative estimate of drug-likeness (QED) is 0.916. The van der Waals surface area contributed by atoms with E-state index in [1.54, 1.807) is 0 Å². The molecule has 1 atom stereocenters. The summed E-state index contributed by atoms with van der Waals surface area (Å²) in [6.45, 7) is 6.38. The third kappa shape index (κ3) is 2.79. The van der Waals surface area contributed by atoms with Crippen molar-refractivity contribution in [2.45, 2.75) is 13.0 Å². The third-order valence-corrected chi connectivity index (χ3v) is 5.25. The van der Waals surface area contributed by atoms with Crippen molar-refractivity contribution in [3.8, 4) is 11.5 Å². The molecule has 1 aromatic carbocycles. The number of hydrogen-bond donors (Lipinski definition) is 1. The molecule has 2 aromatic rings. The van der Waals surface area contributed by atoms with Crippen molar-refractivity contribution < 1.29 is 9.47 Å². The summed E-state index contributed by atoms with van der Waals surface area (Å²) in [6, 6.07) is 6.54. The van der Waals surface area contributed by atoms with Crippen LogP contribution in [-0.4, -0.2) is 48.1 Å². The predicted octanol–water partition coefficient (Wildman–Crippen LogP) is 1.73. The lowest BCUT2D eigenvalue weighted by atomic mass is 10.1. The standard InChI is InChI=1S/C15H19N5O2S/c1-10(11-2-3-12-13(8-11)22-9-21-12)19-4-6-20(7-5-19)15-18-17-14(16)23-15/h2-3,8,10H,4-7,9H2,1H3,(H2,16,17)/t10-/m1/s1. The van der Waals surface area contributed by atoms with E-state index in [1.165, 1.54) is 16.9 Å². The molecule has 0 spiro atoms. The van der Waals surface area contributed by atoms with Gasteiger partial charge in [-0.15, -0.1) is 10.2 Å². The second kappa shape index (κ2) is 5.86. The molecular weight excluding hydrogens is 314 g/mol. The summed E-state index contributed by atoms with van der Waals surface area (Å²) in [5, 5.41) is 9.46. The Balaban J connectivity index is 1.41. The van der Waals surface area contributed by atoms with Gasteiger partial charge in [0, 0.05) is 32.2 Å². The van der Waals surface area contributed by atoms with Crippen LogP contribution in [0.15, 0.2) is 18.2 Å². The molecule has 0 aliphatic carbocycles. The molecule has 1 fully saturated rings. The Labute approximate surface area is 138 Å². The Morgan fingerprint density at radius 3 is 2.65 bits per heavy atom. The first kappa shape index (κ1) is 14.5. The fraction of sp³-hybridized carbons (Fsp3) is 0.467. The van der Waals surface area contributed by atoms with E-state index in [1.807, 2.05) is 6.07 Å². The van der Waals surface area contributed by atoms with Crippen LogP contribution in [0.4, 0.5) is 10.3 Å². The molecule has 0 radical (unpaired) electrons. The molecule has 0 bridgehead atoms. The van der Waals surface area contributed by atoms with Gasteiger partial charge in [-0.2, -0.15) is 0 Å². The monoisotopic (exact) mass is 333 g/mol. The molecule has 0 saturated carbocycles. The minimum atomic E-state index is 0.316. The number of rotatable bonds is 3. The van der Waals surface area contributed by atoms with Gasteiger partial charge in [-0.05, 0) is 24.6 Å². The second-order valence-corrected chi connectivity index (χ2v) is 6.72. The second-order valence-electron chi connectivity index (χ2n) is 5.73. The van der Waals surface area contributed by atoms with Gasteiger partial charge >= 0.3 is 0 Å². The van der Waals surface area contributed by atoms with Gasteiger partial charge in [-0.3, -0.25) is 4.90 Å². The van der Waals surface area contributed by atoms with Gasteiger partial charge in [0.15, 0.2) is 11.5 Å². The largest absolute Gasteiger partial charge is 0.454 e. The highest BCUT2D eigenvalue weighted by atomic mass is 32.1. The number of benzene rings is 1. The Morgan fingerprint density at radius 1 is 1.13 bits per heavy atom. The fourth-order valence-corrected chi connectivity index (χ4v) is 3.70. The first-order chi connectivity index (χ1) is 11.2. The normalized spacial score (nSPS) is 19.1. The molecule has 7 nitrogen and oxygen atoms in total. The van der Waals surface area contributed by atoms with E-state index < -0.39 is 0 Å². The van der Waals surface area contributed by atoms with E-state index in [-0.39, 0.29) is 0 Å². The summed E-state index contributed by atoms with van der Waals surface area (Å²) in [5.74, 6) is 1.68. The first-order valence-electron chi connectivity index (χ1n) is 7.68. The Bertz CT molecular complexity index is 699. The topological polar surface area (TPSA) is 76.7 Å². The molecule has 2 N–H and O–H groups in total. The number of anilines is 2. The average molecular weight is 333 g/mol. The van der Waals surface area contributed by atoms with Gasteiger partial charge < -0.3 is 20.1 Å². The van der Waals surface area contributed by atoms with Crippen LogP contribution in [-0.2, 0) is 0 Å². The van der Waals surface area contributed by atoms with Gasteiger partial charge in [-0.25, -0.2) is 0 Å². The summed E-state index contributed by atoms with van der Waals surface area (Å²) < 4.78 is 10.9. The first-order valence-corrected chi connectivity index (χ1v) is 8.50. The van der Waals surface area contributed by atoms with E-state index >= 15 is 0 Å². The Hall–Kier alpha value is -2.06. The van der Waals surface area contributed by atoms with Gasteiger partial charge in [0.25, 0.3) is 0 Å². The summed E-state index contributed by atoms with van der Waals surface area (Å²) >= 11 is 1.45. The Kier molecular flexibility index (Phi) is 3.70. The van der Waals surface area contributed by atoms with Crippen LogP contribution in [0.1, 0.15) is 18.5 Å². The highest BCUT2D eigenvalue weighted by Crippen LogP contribution is 2.35. The lowest BCUT2D eigenvalue weighted by Crippen LogP contribution is -2.47. The van der Waals surface area contributed by atoms with Crippen molar-refractivity contribution in [3.63, 3.8) is 0 Å². The van der Waals surface area contributed by atoms with Crippen molar-refractivity contribution in [1.29, 1.82) is 0 Å². The number of fused-ring (bicyclic) bond motifs is 1. The van der Waals surface area contributed by atoms with E-state index in [9.17, 15) is 0 Å². The van der Waals surface area contributed by atoms with E-state index in [0.717, 1.165) is 42.8 Å². The number of nitrogen functional groups attached to an aromatic ring is 1. The molecule has 2 aliphatic heterocycles. The molecule has 0 unspecified atom stereocenters. The number of ether oxygens (including phenoxy) is 2. The van der Waals surface area contributed by atoms with Crippen LogP contribution in [0, 0.1) is 0 Å². The zero-order valence-electron chi connectivity index (χ0n) is 12.9. The summed E-state index contributed by atoms with van der Waals surface area (Å²) in [4.78, 5) is 4.72. The number of aromatic nitrogens is 2. The summed E-state index contributed by atoms with van der Waals surface area (Å²) in [5.41, 5.74) is 6.92. The van der Waals surface area contributed by atoms with Gasteiger partial charge in [0.2, 0.25) is 17.1 Å². The smallest absolute Gasteiger partial charge is 0.231 e. The van der Waals surface area contributed by atoms with E-state index in [2.05, 4.69) is 39.1 Å². The SMILES string of the molecule is C[C@H](c1ccc2c(c1)OCO2)N1CCN(c2nnc(N)s2)CC1. The minimum absolute atomic E-state index is 0.316. The number of piperazine rings is 1. The van der Waals surface area contributed by atoms with Crippen molar-refractivity contribution in [1.82, 2.24) is 15.1 Å². The van der Waals surface area contributed by atoms with E-state index in [4.69, 9.17) is 15.2 Å². The zero-order chi connectivity index (χ0) is 15.8. The van der Waals surface area contributed by atoms with Crippen LogP contribution in [0.25, 0.3) is 0 Å². The molecule has 8 heteroatoms. The van der Waals surface area contributed by atoms with Crippen LogP contribution in [0.5, 0.6) is 11.5 Å². The molecule has 23 heavy (non-hydrogen) atoms. The van der Waals surface area contributed by atoms with Gasteiger partial charge in [-0.1, -0.05) is 17.4 Å². The average Bonchev–Trinajstić information content (AvgIpc) is 3.22. The van der Waals surface area contributed by atoms with Gasteiger partial charge in [0.1, 0.15) is 0 Å². The highest BCUT2D eigenvalue weighted by Gasteiger charge is 2.25. The van der Waals surface area contributed by atoms with E-state index in [0.29, 0.717) is 18.0 Å². The number of hydrogen-bond acceptors (Lipinski definition) is 8. The maximum absolute atomic E-state index is 5.67. The lowest BCUT2D eigenvalue weighted by molar-refractivity contribution is 0.173. The summed E-state index contributed by atoms with van der Waals surface area (Å²) in [7, 11) is 0. The highest BCUT2D eigenvalue weighted by molar-refractivity contribution is 7.18. The van der Waals surface area contributed by atoms with Crippen molar-refractivity contribution >= 4 is 21.6 Å². The van der Waals surface area contributed by atoms with Crippen molar-refractivity contribution in [2.75, 3.05) is 43.6 Å². The Morgan fingerprint density at radius 2 is 1.91 bits per heavy atom. The molecule has 0 amide bonds. The number of nitrogens with zero attached hydrogens (tertiary/aromatic N) is 4. The minimum Gasteiger partial charge on any atom is -0.454 e. The maximum Gasteiger partial charge on any atom is 0.231 e. The lowest BCUT2D eigenvalue weighted by Gasteiger charge is -2.38. The van der Waals surface area contributed by atoms with Crippen LogP contribution >= 0.6 is 11.3 Å². The molecular formula is C15H19N5O2S. The molecule has 122 valence electrons. The maximum atomic E-state index is 5.67. The van der Waals surface area contributed by atoms with Crippen LogP contribution in [0.2, 0.25) is 0 Å². The third-order valence-electron chi connectivity index (χ3n) is 4.44. The predicted molar refractivity (Wildman–Crippen MR) is 89.1 cm³/mol. The summed E-state index contributed by atoms with van der Waals surface area (Å²) in [6.07, 6.45) is 0. The molecule has 1 saturated heterocycles. The van der Waals surface area contributed by atoms with Crippen molar-refractivity contribution in [3.05, 3.63) is 23.8 Å².